The maximum Gasteiger partial charge on any atom is 0.252 e. The minimum Gasteiger partial charge on any atom is -0.352 e. The fourth-order valence-corrected chi connectivity index (χ4v) is 2.74. The lowest BCUT2D eigenvalue weighted by atomic mass is 10.0. The first-order chi connectivity index (χ1) is 9.84. The topological polar surface area (TPSA) is 54.0 Å². The Bertz CT molecular complexity index is 600. The summed E-state index contributed by atoms with van der Waals surface area (Å²) in [7, 11) is 0. The third kappa shape index (κ3) is 2.80. The Morgan fingerprint density at radius 3 is 3.10 bits per heavy atom. The molecule has 2 heterocycles. The van der Waals surface area contributed by atoms with Crippen LogP contribution in [0, 0.1) is 5.92 Å². The first kappa shape index (κ1) is 13.1. The predicted molar refractivity (Wildman–Crippen MR) is 79.7 cm³/mol. The molecule has 0 spiro atoms. The highest BCUT2D eigenvalue weighted by molar-refractivity contribution is 6.05. The number of benzene rings is 1. The number of amides is 1. The highest BCUT2D eigenvalue weighted by atomic mass is 16.1. The summed E-state index contributed by atoms with van der Waals surface area (Å²) in [6.07, 6.45) is 3.95. The first-order valence-corrected chi connectivity index (χ1v) is 7.17. The van der Waals surface area contributed by atoms with E-state index in [9.17, 15) is 4.79 Å². The molecule has 1 aromatic carbocycles. The molecule has 1 aliphatic rings. The van der Waals surface area contributed by atoms with Crippen molar-refractivity contribution in [1.82, 2.24) is 15.6 Å². The zero-order chi connectivity index (χ0) is 13.8. The smallest absolute Gasteiger partial charge is 0.252 e. The molecule has 1 atom stereocenters. The van der Waals surface area contributed by atoms with Gasteiger partial charge in [-0.05, 0) is 44.0 Å². The van der Waals surface area contributed by atoms with Gasteiger partial charge < -0.3 is 10.6 Å². The van der Waals surface area contributed by atoms with Gasteiger partial charge in [-0.25, -0.2) is 0 Å². The van der Waals surface area contributed by atoms with Crippen LogP contribution in [0.2, 0.25) is 0 Å². The number of pyridine rings is 1. The maximum absolute atomic E-state index is 12.3. The number of carbonyl (C=O) groups excluding carboxylic acids is 1. The molecule has 1 saturated heterocycles. The molecule has 3 rings (SSSR count). The number of rotatable bonds is 4. The minimum atomic E-state index is -0.00504. The van der Waals surface area contributed by atoms with Crippen LogP contribution < -0.4 is 10.6 Å². The Labute approximate surface area is 118 Å². The van der Waals surface area contributed by atoms with Crippen LogP contribution in [0.25, 0.3) is 10.9 Å². The number of fused-ring (bicyclic) bond motifs is 1. The van der Waals surface area contributed by atoms with E-state index in [1.54, 1.807) is 12.3 Å². The highest BCUT2D eigenvalue weighted by Gasteiger charge is 2.15. The lowest BCUT2D eigenvalue weighted by Crippen LogP contribution is -2.26. The number of hydrogen-bond acceptors (Lipinski definition) is 3. The number of hydrogen-bond donors (Lipinski definition) is 2. The molecule has 2 N–H and O–H groups in total. The second kappa shape index (κ2) is 6.01. The molecule has 104 valence electrons. The van der Waals surface area contributed by atoms with Crippen molar-refractivity contribution < 1.29 is 4.79 Å². The van der Waals surface area contributed by atoms with Crippen LogP contribution in [0.1, 0.15) is 23.2 Å². The van der Waals surface area contributed by atoms with Crippen molar-refractivity contribution in [1.29, 1.82) is 0 Å². The van der Waals surface area contributed by atoms with E-state index in [-0.39, 0.29) is 5.91 Å². The van der Waals surface area contributed by atoms with Crippen LogP contribution in [-0.2, 0) is 0 Å². The second-order valence-electron chi connectivity index (χ2n) is 5.28. The summed E-state index contributed by atoms with van der Waals surface area (Å²) >= 11 is 0. The fraction of sp³-hybridized carbons (Fsp3) is 0.375. The molecule has 0 radical (unpaired) electrons. The Balaban J connectivity index is 1.66. The van der Waals surface area contributed by atoms with Crippen LogP contribution in [0.15, 0.2) is 36.5 Å². The van der Waals surface area contributed by atoms with Gasteiger partial charge in [0.1, 0.15) is 0 Å². The summed E-state index contributed by atoms with van der Waals surface area (Å²) in [6.45, 7) is 2.92. The van der Waals surface area contributed by atoms with Crippen LogP contribution in [0.5, 0.6) is 0 Å². The Kier molecular flexibility index (Phi) is 3.92. The summed E-state index contributed by atoms with van der Waals surface area (Å²) in [4.78, 5) is 16.6. The quantitative estimate of drug-likeness (QED) is 0.892. The Morgan fingerprint density at radius 2 is 2.25 bits per heavy atom. The molecule has 1 aromatic heterocycles. The van der Waals surface area contributed by atoms with E-state index < -0.39 is 0 Å². The van der Waals surface area contributed by atoms with Crippen molar-refractivity contribution in [2.24, 2.45) is 5.92 Å². The van der Waals surface area contributed by atoms with Gasteiger partial charge in [-0.2, -0.15) is 0 Å². The molecular formula is C16H19N3O. The van der Waals surface area contributed by atoms with Crippen molar-refractivity contribution in [3.8, 4) is 0 Å². The summed E-state index contributed by atoms with van der Waals surface area (Å²) in [5.74, 6) is 0.694. The van der Waals surface area contributed by atoms with E-state index in [4.69, 9.17) is 0 Å². The fourth-order valence-electron chi connectivity index (χ4n) is 2.74. The molecule has 2 aromatic rings. The summed E-state index contributed by atoms with van der Waals surface area (Å²) in [6, 6.07) is 9.53. The van der Waals surface area contributed by atoms with E-state index in [0.717, 1.165) is 37.0 Å². The van der Waals surface area contributed by atoms with Crippen molar-refractivity contribution in [3.63, 3.8) is 0 Å². The van der Waals surface area contributed by atoms with Crippen molar-refractivity contribution in [2.75, 3.05) is 19.6 Å². The largest absolute Gasteiger partial charge is 0.352 e. The summed E-state index contributed by atoms with van der Waals surface area (Å²) in [5.41, 5.74) is 1.57. The van der Waals surface area contributed by atoms with Gasteiger partial charge in [0.25, 0.3) is 5.91 Å². The average Bonchev–Trinajstić information content (AvgIpc) is 3.00. The van der Waals surface area contributed by atoms with Crippen molar-refractivity contribution in [3.05, 3.63) is 42.1 Å². The predicted octanol–water partition coefficient (Wildman–Crippen LogP) is 1.96. The molecule has 0 bridgehead atoms. The third-order valence-electron chi connectivity index (χ3n) is 3.89. The third-order valence-corrected chi connectivity index (χ3v) is 3.89. The molecule has 4 heteroatoms. The molecular weight excluding hydrogens is 250 g/mol. The minimum absolute atomic E-state index is 0.00504. The van der Waals surface area contributed by atoms with Crippen LogP contribution >= 0.6 is 0 Å². The SMILES string of the molecule is O=C(NCCC1CCNC1)c1ccnc2ccccc12. The van der Waals surface area contributed by atoms with Gasteiger partial charge in [0, 0.05) is 18.1 Å². The summed E-state index contributed by atoms with van der Waals surface area (Å²) in [5, 5.41) is 7.28. The molecule has 20 heavy (non-hydrogen) atoms. The van der Waals surface area contributed by atoms with Crippen LogP contribution in [0.4, 0.5) is 0 Å². The second-order valence-corrected chi connectivity index (χ2v) is 5.28. The van der Waals surface area contributed by atoms with E-state index in [1.807, 2.05) is 24.3 Å². The number of aromatic nitrogens is 1. The van der Waals surface area contributed by atoms with Crippen molar-refractivity contribution >= 4 is 16.8 Å². The van der Waals surface area contributed by atoms with Gasteiger partial charge in [0.2, 0.25) is 0 Å². The molecule has 0 saturated carbocycles. The molecule has 1 unspecified atom stereocenters. The van der Waals surface area contributed by atoms with E-state index in [0.29, 0.717) is 11.5 Å². The van der Waals surface area contributed by atoms with Crippen LogP contribution in [0.3, 0.4) is 0 Å². The maximum atomic E-state index is 12.3. The first-order valence-electron chi connectivity index (χ1n) is 7.17. The van der Waals surface area contributed by atoms with Gasteiger partial charge in [-0.1, -0.05) is 18.2 Å². The normalized spacial score (nSPS) is 18.3. The Morgan fingerprint density at radius 1 is 1.35 bits per heavy atom. The summed E-state index contributed by atoms with van der Waals surface area (Å²) < 4.78 is 0. The van der Waals surface area contributed by atoms with E-state index in [2.05, 4.69) is 15.6 Å². The molecule has 1 aliphatic heterocycles. The van der Waals surface area contributed by atoms with Gasteiger partial charge >= 0.3 is 0 Å². The zero-order valence-electron chi connectivity index (χ0n) is 11.4. The highest BCUT2D eigenvalue weighted by Crippen LogP contribution is 2.16. The van der Waals surface area contributed by atoms with Gasteiger partial charge in [0.05, 0.1) is 11.1 Å². The van der Waals surface area contributed by atoms with Gasteiger partial charge in [0.15, 0.2) is 0 Å². The number of para-hydroxylation sites is 1. The van der Waals surface area contributed by atoms with E-state index >= 15 is 0 Å². The lowest BCUT2D eigenvalue weighted by Gasteiger charge is -2.10. The van der Waals surface area contributed by atoms with Crippen molar-refractivity contribution in [2.45, 2.75) is 12.8 Å². The van der Waals surface area contributed by atoms with E-state index in [1.165, 1.54) is 6.42 Å². The van der Waals surface area contributed by atoms with Crippen LogP contribution in [-0.4, -0.2) is 30.5 Å². The number of nitrogens with zero attached hydrogens (tertiary/aromatic N) is 1. The average molecular weight is 269 g/mol. The lowest BCUT2D eigenvalue weighted by molar-refractivity contribution is 0.0953. The number of nitrogens with one attached hydrogen (secondary N) is 2. The molecule has 0 aliphatic carbocycles. The monoisotopic (exact) mass is 269 g/mol. The van der Waals surface area contributed by atoms with Gasteiger partial charge in [-0.15, -0.1) is 0 Å². The number of carbonyl (C=O) groups is 1. The molecule has 1 amide bonds. The zero-order valence-corrected chi connectivity index (χ0v) is 11.4. The standard InChI is InChI=1S/C16H19N3O/c20-16(19-9-6-12-5-8-17-11-12)14-7-10-18-15-4-2-1-3-13(14)15/h1-4,7,10,12,17H,5-6,8-9,11H2,(H,19,20). The molecule has 4 nitrogen and oxygen atoms in total. The molecule has 1 fully saturated rings. The van der Waals surface area contributed by atoms with Gasteiger partial charge in [-0.3, -0.25) is 9.78 Å². The Hall–Kier alpha value is -1.94.